The molecule has 1 unspecified atom stereocenters. The van der Waals surface area contributed by atoms with E-state index in [9.17, 15) is 0 Å². The molecule has 1 aromatic carbocycles. The largest absolute Gasteiger partial charge is 0.492 e. The summed E-state index contributed by atoms with van der Waals surface area (Å²) in [5.74, 6) is 1.35. The molecule has 0 radical (unpaired) electrons. The van der Waals surface area contributed by atoms with Crippen LogP contribution in [0.4, 0.5) is 0 Å². The highest BCUT2D eigenvalue weighted by molar-refractivity contribution is 5.27. The molecule has 2 rings (SSSR count). The van der Waals surface area contributed by atoms with Crippen LogP contribution in [0, 0.1) is 5.92 Å². The van der Waals surface area contributed by atoms with E-state index in [0.717, 1.165) is 37.4 Å². The molecule has 100 valence electrons. The van der Waals surface area contributed by atoms with Crippen molar-refractivity contribution >= 4 is 0 Å². The van der Waals surface area contributed by atoms with Crippen LogP contribution in [0.25, 0.3) is 0 Å². The van der Waals surface area contributed by atoms with Gasteiger partial charge < -0.3 is 15.6 Å². The first-order valence-electron chi connectivity index (χ1n) is 6.57. The normalized spacial score (nSPS) is 20.2. The number of likely N-dealkylation sites (tertiary alicyclic amines) is 1. The summed E-state index contributed by atoms with van der Waals surface area (Å²) in [6, 6.07) is 7.91. The van der Waals surface area contributed by atoms with E-state index in [1.807, 2.05) is 24.3 Å². The highest BCUT2D eigenvalue weighted by Crippen LogP contribution is 2.15. The Kier molecular flexibility index (Phi) is 4.99. The zero-order chi connectivity index (χ0) is 12.8. The molecule has 1 aromatic rings. The van der Waals surface area contributed by atoms with Crippen LogP contribution in [0.2, 0.25) is 0 Å². The number of ether oxygens (including phenoxy) is 1. The quantitative estimate of drug-likeness (QED) is 0.785. The molecule has 1 aliphatic rings. The molecule has 4 heteroatoms. The number of rotatable bonds is 6. The average molecular weight is 250 g/mol. The molecule has 0 bridgehead atoms. The number of aliphatic hydroxyl groups excluding tert-OH is 1. The first-order valence-corrected chi connectivity index (χ1v) is 6.57. The van der Waals surface area contributed by atoms with Crippen LogP contribution in [0.3, 0.4) is 0 Å². The zero-order valence-corrected chi connectivity index (χ0v) is 10.7. The SMILES string of the molecule is NCc1ccc(OCCN2CCC(CO)C2)cc1. The maximum atomic E-state index is 9.07. The first-order chi connectivity index (χ1) is 8.81. The van der Waals surface area contributed by atoms with Crippen molar-refractivity contribution in [1.29, 1.82) is 0 Å². The van der Waals surface area contributed by atoms with Gasteiger partial charge in [-0.2, -0.15) is 0 Å². The van der Waals surface area contributed by atoms with Crippen LogP contribution in [-0.4, -0.2) is 42.9 Å². The van der Waals surface area contributed by atoms with Gasteiger partial charge in [-0.1, -0.05) is 12.1 Å². The molecule has 1 fully saturated rings. The van der Waals surface area contributed by atoms with Crippen molar-refractivity contribution < 1.29 is 9.84 Å². The number of hydrogen-bond donors (Lipinski definition) is 2. The Bertz CT molecular complexity index is 353. The zero-order valence-electron chi connectivity index (χ0n) is 10.7. The summed E-state index contributed by atoms with van der Waals surface area (Å²) in [5, 5.41) is 9.07. The van der Waals surface area contributed by atoms with E-state index in [2.05, 4.69) is 4.90 Å². The lowest BCUT2D eigenvalue weighted by Gasteiger charge is -2.16. The fourth-order valence-electron chi connectivity index (χ4n) is 2.28. The molecular weight excluding hydrogens is 228 g/mol. The summed E-state index contributed by atoms with van der Waals surface area (Å²) in [6.45, 7) is 4.55. The lowest BCUT2D eigenvalue weighted by molar-refractivity contribution is 0.204. The highest BCUT2D eigenvalue weighted by Gasteiger charge is 2.20. The molecule has 0 amide bonds. The van der Waals surface area contributed by atoms with Crippen molar-refractivity contribution in [3.8, 4) is 5.75 Å². The van der Waals surface area contributed by atoms with Crippen molar-refractivity contribution in [2.24, 2.45) is 11.7 Å². The Hall–Kier alpha value is -1.10. The van der Waals surface area contributed by atoms with Crippen LogP contribution >= 0.6 is 0 Å². The maximum Gasteiger partial charge on any atom is 0.119 e. The van der Waals surface area contributed by atoms with E-state index in [-0.39, 0.29) is 0 Å². The van der Waals surface area contributed by atoms with E-state index < -0.39 is 0 Å². The van der Waals surface area contributed by atoms with Crippen molar-refractivity contribution in [2.75, 3.05) is 32.8 Å². The number of nitrogens with two attached hydrogens (primary N) is 1. The smallest absolute Gasteiger partial charge is 0.119 e. The minimum atomic E-state index is 0.303. The minimum Gasteiger partial charge on any atom is -0.492 e. The lowest BCUT2D eigenvalue weighted by atomic mass is 10.1. The number of nitrogens with zero attached hydrogens (tertiary/aromatic N) is 1. The predicted molar refractivity (Wildman–Crippen MR) is 71.5 cm³/mol. The predicted octanol–water partition coefficient (Wildman–Crippen LogP) is 0.838. The summed E-state index contributed by atoms with van der Waals surface area (Å²) in [4.78, 5) is 2.34. The lowest BCUT2D eigenvalue weighted by Crippen LogP contribution is -2.26. The van der Waals surface area contributed by atoms with Gasteiger partial charge >= 0.3 is 0 Å². The minimum absolute atomic E-state index is 0.303. The van der Waals surface area contributed by atoms with Crippen LogP contribution in [0.1, 0.15) is 12.0 Å². The second-order valence-corrected chi connectivity index (χ2v) is 4.83. The topological polar surface area (TPSA) is 58.7 Å². The Labute approximate surface area is 108 Å². The van der Waals surface area contributed by atoms with Crippen LogP contribution in [0.5, 0.6) is 5.75 Å². The molecule has 0 spiro atoms. The monoisotopic (exact) mass is 250 g/mol. The molecule has 1 saturated heterocycles. The third-order valence-electron chi connectivity index (χ3n) is 3.46. The van der Waals surface area contributed by atoms with E-state index in [4.69, 9.17) is 15.6 Å². The second kappa shape index (κ2) is 6.73. The second-order valence-electron chi connectivity index (χ2n) is 4.83. The van der Waals surface area contributed by atoms with Gasteiger partial charge in [-0.05, 0) is 36.6 Å². The Morgan fingerprint density at radius 3 is 2.72 bits per heavy atom. The summed E-state index contributed by atoms with van der Waals surface area (Å²) >= 11 is 0. The molecule has 1 heterocycles. The molecule has 1 atom stereocenters. The number of hydrogen-bond acceptors (Lipinski definition) is 4. The van der Waals surface area contributed by atoms with Crippen LogP contribution in [0.15, 0.2) is 24.3 Å². The van der Waals surface area contributed by atoms with Gasteiger partial charge in [0.1, 0.15) is 12.4 Å². The Morgan fingerprint density at radius 2 is 2.11 bits per heavy atom. The molecule has 1 aliphatic heterocycles. The fourth-order valence-corrected chi connectivity index (χ4v) is 2.28. The summed E-state index contributed by atoms with van der Waals surface area (Å²) < 4.78 is 5.69. The van der Waals surface area contributed by atoms with Crippen molar-refractivity contribution in [2.45, 2.75) is 13.0 Å². The van der Waals surface area contributed by atoms with Crippen molar-refractivity contribution in [1.82, 2.24) is 4.90 Å². The maximum absolute atomic E-state index is 9.07. The van der Waals surface area contributed by atoms with E-state index >= 15 is 0 Å². The average Bonchev–Trinajstić information content (AvgIpc) is 2.87. The summed E-state index contributed by atoms with van der Waals surface area (Å²) in [6.07, 6.45) is 1.10. The molecular formula is C14H22N2O2. The third kappa shape index (κ3) is 3.70. The number of benzene rings is 1. The molecule has 0 aliphatic carbocycles. The van der Waals surface area contributed by atoms with Gasteiger partial charge in [0.05, 0.1) is 0 Å². The van der Waals surface area contributed by atoms with Gasteiger partial charge in [0, 0.05) is 26.2 Å². The third-order valence-corrected chi connectivity index (χ3v) is 3.46. The van der Waals surface area contributed by atoms with E-state index in [1.165, 1.54) is 0 Å². The highest BCUT2D eigenvalue weighted by atomic mass is 16.5. The van der Waals surface area contributed by atoms with Gasteiger partial charge in [0.25, 0.3) is 0 Å². The summed E-state index contributed by atoms with van der Waals surface area (Å²) in [5.41, 5.74) is 6.66. The van der Waals surface area contributed by atoms with Crippen LogP contribution in [-0.2, 0) is 6.54 Å². The first kappa shape index (κ1) is 13.3. The molecule has 3 N–H and O–H groups in total. The van der Waals surface area contributed by atoms with Gasteiger partial charge in [-0.15, -0.1) is 0 Å². The van der Waals surface area contributed by atoms with Gasteiger partial charge in [-0.3, -0.25) is 4.90 Å². The van der Waals surface area contributed by atoms with Gasteiger partial charge in [0.15, 0.2) is 0 Å². The molecule has 0 saturated carbocycles. The summed E-state index contributed by atoms with van der Waals surface area (Å²) in [7, 11) is 0. The van der Waals surface area contributed by atoms with Crippen molar-refractivity contribution in [3.05, 3.63) is 29.8 Å². The standard InChI is InChI=1S/C14H22N2O2/c15-9-12-1-3-14(4-2-12)18-8-7-16-6-5-13(10-16)11-17/h1-4,13,17H,5-11,15H2. The molecule has 4 nitrogen and oxygen atoms in total. The van der Waals surface area contributed by atoms with Gasteiger partial charge in [0.2, 0.25) is 0 Å². The Balaban J connectivity index is 1.68. The van der Waals surface area contributed by atoms with Gasteiger partial charge in [-0.25, -0.2) is 0 Å². The fraction of sp³-hybridized carbons (Fsp3) is 0.571. The van der Waals surface area contributed by atoms with Crippen molar-refractivity contribution in [3.63, 3.8) is 0 Å². The van der Waals surface area contributed by atoms with E-state index in [0.29, 0.717) is 25.7 Å². The Morgan fingerprint density at radius 1 is 1.33 bits per heavy atom. The molecule has 0 aromatic heterocycles. The molecule has 18 heavy (non-hydrogen) atoms. The number of aliphatic hydroxyl groups is 1. The van der Waals surface area contributed by atoms with Crippen LogP contribution < -0.4 is 10.5 Å². The van der Waals surface area contributed by atoms with E-state index in [1.54, 1.807) is 0 Å².